The van der Waals surface area contributed by atoms with Crippen LogP contribution in [0.3, 0.4) is 0 Å². The summed E-state index contributed by atoms with van der Waals surface area (Å²) in [5, 5.41) is 0. The predicted molar refractivity (Wildman–Crippen MR) is 93.6 cm³/mol. The minimum Gasteiger partial charge on any atom is -0.336 e. The highest BCUT2D eigenvalue weighted by atomic mass is 16.2. The van der Waals surface area contributed by atoms with E-state index in [4.69, 9.17) is 0 Å². The Morgan fingerprint density at radius 3 is 1.44 bits per heavy atom. The molecule has 25 heavy (non-hydrogen) atoms. The molecule has 6 fully saturated rings. The van der Waals surface area contributed by atoms with E-state index in [-0.39, 0.29) is 11.8 Å². The van der Waals surface area contributed by atoms with E-state index in [1.807, 2.05) is 0 Å². The minimum absolute atomic E-state index is 0.288. The molecule has 2 unspecified atom stereocenters. The van der Waals surface area contributed by atoms with Crippen molar-refractivity contribution in [1.82, 2.24) is 9.80 Å². The molecule has 2 heterocycles. The van der Waals surface area contributed by atoms with Crippen LogP contribution in [0.5, 0.6) is 0 Å². The fraction of sp³-hybridized carbons (Fsp3) is 0.905. The van der Waals surface area contributed by atoms with Crippen LogP contribution in [-0.2, 0) is 9.59 Å². The molecule has 0 aromatic carbocycles. The summed E-state index contributed by atoms with van der Waals surface area (Å²) in [7, 11) is 0. The smallest absolute Gasteiger partial charge is 0.226 e. The Balaban J connectivity index is 1.09. The van der Waals surface area contributed by atoms with Crippen LogP contribution >= 0.6 is 0 Å². The lowest BCUT2D eigenvalue weighted by molar-refractivity contribution is -0.144. The normalized spacial score (nSPS) is 41.9. The van der Waals surface area contributed by atoms with Gasteiger partial charge in [0.1, 0.15) is 0 Å². The Morgan fingerprint density at radius 1 is 0.680 bits per heavy atom. The molecule has 0 aromatic heterocycles. The Labute approximate surface area is 150 Å². The second-order valence-corrected chi connectivity index (χ2v) is 10.4. The van der Waals surface area contributed by atoms with Crippen LogP contribution < -0.4 is 0 Å². The lowest BCUT2D eigenvalue weighted by Crippen LogP contribution is -2.52. The van der Waals surface area contributed by atoms with E-state index in [0.29, 0.717) is 34.7 Å². The summed E-state index contributed by atoms with van der Waals surface area (Å²) in [5.74, 6) is 1.41. The highest BCUT2D eigenvalue weighted by molar-refractivity contribution is 5.83. The molecule has 2 spiro atoms. The van der Waals surface area contributed by atoms with Gasteiger partial charge in [-0.2, -0.15) is 0 Å². The highest BCUT2D eigenvalue weighted by Gasteiger charge is 2.55. The third-order valence-electron chi connectivity index (χ3n) is 8.82. The van der Waals surface area contributed by atoms with Gasteiger partial charge in [0.15, 0.2) is 0 Å². The van der Waals surface area contributed by atoms with Gasteiger partial charge in [0.05, 0.1) is 12.1 Å². The first kappa shape index (κ1) is 15.0. The molecule has 0 N–H and O–H groups in total. The van der Waals surface area contributed by atoms with Gasteiger partial charge in [0, 0.05) is 24.9 Å². The molecular weight excluding hydrogens is 312 g/mol. The van der Waals surface area contributed by atoms with Crippen molar-refractivity contribution >= 4 is 11.8 Å². The van der Waals surface area contributed by atoms with Crippen molar-refractivity contribution in [3.05, 3.63) is 0 Å². The molecule has 4 nitrogen and oxygen atoms in total. The molecule has 4 atom stereocenters. The van der Waals surface area contributed by atoms with E-state index in [9.17, 15) is 9.59 Å². The van der Waals surface area contributed by atoms with Crippen LogP contribution in [-0.4, -0.2) is 46.8 Å². The van der Waals surface area contributed by atoms with E-state index >= 15 is 0 Å². The third-order valence-corrected chi connectivity index (χ3v) is 8.82. The number of fused-ring (bicyclic) bond motifs is 2. The molecule has 2 amide bonds. The van der Waals surface area contributed by atoms with Crippen molar-refractivity contribution in [2.24, 2.45) is 22.7 Å². The maximum Gasteiger partial charge on any atom is 0.226 e. The zero-order chi connectivity index (χ0) is 16.8. The Kier molecular flexibility index (Phi) is 2.89. The Hall–Kier alpha value is -1.06. The molecule has 2 bridgehead atoms. The quantitative estimate of drug-likeness (QED) is 0.774. The van der Waals surface area contributed by atoms with Crippen molar-refractivity contribution < 1.29 is 9.59 Å². The lowest BCUT2D eigenvalue weighted by Gasteiger charge is -2.36. The number of carbonyl (C=O) groups excluding carboxylic acids is 2. The lowest BCUT2D eigenvalue weighted by atomic mass is 10.0. The van der Waals surface area contributed by atoms with Crippen LogP contribution in [0.4, 0.5) is 0 Å². The first-order valence-electron chi connectivity index (χ1n) is 10.7. The molecule has 2 saturated heterocycles. The first-order chi connectivity index (χ1) is 12.1. The molecule has 136 valence electrons. The molecule has 6 aliphatic rings. The van der Waals surface area contributed by atoms with Crippen molar-refractivity contribution in [2.45, 2.75) is 82.7 Å². The summed E-state index contributed by atoms with van der Waals surface area (Å²) in [6.45, 7) is 1.63. The summed E-state index contributed by atoms with van der Waals surface area (Å²) in [5.41, 5.74) is 1.14. The van der Waals surface area contributed by atoms with Gasteiger partial charge in [-0.25, -0.2) is 0 Å². The number of likely N-dealkylation sites (tertiary alicyclic amines) is 2. The molecule has 0 radical (unpaired) electrons. The van der Waals surface area contributed by atoms with Crippen LogP contribution in [0.1, 0.15) is 70.6 Å². The van der Waals surface area contributed by atoms with Crippen LogP contribution in [0.25, 0.3) is 0 Å². The number of amides is 2. The first-order valence-corrected chi connectivity index (χ1v) is 10.7. The minimum atomic E-state index is 0.288. The number of hydrogen-bond acceptors (Lipinski definition) is 2. The summed E-state index contributed by atoms with van der Waals surface area (Å²) in [4.78, 5) is 30.3. The predicted octanol–water partition coefficient (Wildman–Crippen LogP) is 2.96. The summed E-state index contributed by atoms with van der Waals surface area (Å²) >= 11 is 0. The highest BCUT2D eigenvalue weighted by Crippen LogP contribution is 2.61. The molecular formula is C21H30N2O2. The average Bonchev–Trinajstić information content (AvgIpc) is 3.24. The Morgan fingerprint density at radius 2 is 1.12 bits per heavy atom. The molecule has 4 aliphatic carbocycles. The largest absolute Gasteiger partial charge is 0.336 e. The summed E-state index contributed by atoms with van der Waals surface area (Å²) in [6, 6.07) is 0.627. The van der Waals surface area contributed by atoms with Crippen molar-refractivity contribution in [3.63, 3.8) is 0 Å². The van der Waals surface area contributed by atoms with Crippen LogP contribution in [0.2, 0.25) is 0 Å². The summed E-state index contributed by atoms with van der Waals surface area (Å²) < 4.78 is 0. The van der Waals surface area contributed by atoms with E-state index in [1.54, 1.807) is 0 Å². The maximum absolute atomic E-state index is 13.0. The standard InChI is InChI=1S/C21H30N2O2/c24-18(14-1-3-20(10-14)5-6-20)22-12-17-9-16(22)13-23(17)19(25)15-2-4-21(11-15)7-8-21/h14-17H,1-13H2/t14?,15?,16-,17-/m0/s1. The SMILES string of the molecule is O=C(C1CCC2(CC2)C1)N1C[C@@H]2C[C@H]1CN2C(=O)C1CCC2(CC2)C1. The van der Waals surface area contributed by atoms with Crippen LogP contribution in [0, 0.1) is 22.7 Å². The van der Waals surface area contributed by atoms with Crippen molar-refractivity contribution in [3.8, 4) is 0 Å². The number of rotatable bonds is 2. The fourth-order valence-electron chi connectivity index (χ4n) is 6.77. The molecule has 4 heteroatoms. The van der Waals surface area contributed by atoms with Crippen molar-refractivity contribution in [2.75, 3.05) is 13.1 Å². The Bertz CT molecular complexity index is 582. The van der Waals surface area contributed by atoms with Gasteiger partial charge in [-0.1, -0.05) is 0 Å². The van der Waals surface area contributed by atoms with Gasteiger partial charge < -0.3 is 9.80 Å². The van der Waals surface area contributed by atoms with Gasteiger partial charge in [-0.3, -0.25) is 9.59 Å². The molecule has 4 saturated carbocycles. The van der Waals surface area contributed by atoms with Crippen molar-refractivity contribution in [1.29, 1.82) is 0 Å². The topological polar surface area (TPSA) is 40.6 Å². The monoisotopic (exact) mass is 342 g/mol. The van der Waals surface area contributed by atoms with E-state index in [2.05, 4.69) is 9.80 Å². The number of nitrogens with zero attached hydrogens (tertiary/aromatic N) is 2. The van der Waals surface area contributed by atoms with E-state index in [1.165, 1.54) is 38.5 Å². The van der Waals surface area contributed by atoms with Gasteiger partial charge in [0.25, 0.3) is 0 Å². The van der Waals surface area contributed by atoms with Gasteiger partial charge in [-0.05, 0) is 81.5 Å². The second kappa shape index (κ2) is 4.80. The van der Waals surface area contributed by atoms with Gasteiger partial charge in [0.2, 0.25) is 11.8 Å². The number of carbonyl (C=O) groups is 2. The van der Waals surface area contributed by atoms with Gasteiger partial charge >= 0.3 is 0 Å². The summed E-state index contributed by atoms with van der Waals surface area (Å²) in [6.07, 6.45) is 13.5. The molecule has 0 aromatic rings. The van der Waals surface area contributed by atoms with Gasteiger partial charge in [-0.15, -0.1) is 0 Å². The maximum atomic E-state index is 13.0. The van der Waals surface area contributed by atoms with Crippen LogP contribution in [0.15, 0.2) is 0 Å². The average molecular weight is 342 g/mol. The third kappa shape index (κ3) is 2.24. The molecule has 2 aliphatic heterocycles. The number of hydrogen-bond donors (Lipinski definition) is 0. The molecule has 6 rings (SSSR count). The van der Waals surface area contributed by atoms with E-state index < -0.39 is 0 Å². The van der Waals surface area contributed by atoms with E-state index in [0.717, 1.165) is 45.2 Å². The zero-order valence-corrected chi connectivity index (χ0v) is 15.2. The second-order valence-electron chi connectivity index (χ2n) is 10.4. The number of piperazine rings is 1. The zero-order valence-electron chi connectivity index (χ0n) is 15.2. The fourth-order valence-corrected chi connectivity index (χ4v) is 6.77.